The third-order valence-electron chi connectivity index (χ3n) is 5.19. The first-order valence-corrected chi connectivity index (χ1v) is 8.67. The molecule has 2 fully saturated rings. The van der Waals surface area contributed by atoms with Gasteiger partial charge in [-0.05, 0) is 31.7 Å². The molecule has 1 aliphatic heterocycles. The van der Waals surface area contributed by atoms with Crippen LogP contribution in [-0.2, 0) is 7.05 Å². The minimum Gasteiger partial charge on any atom is -0.468 e. The Morgan fingerprint density at radius 2 is 2.25 bits per heavy atom. The number of carbonyl (C=O) groups excluding carboxylic acids is 1. The largest absolute Gasteiger partial charge is 0.468 e. The van der Waals surface area contributed by atoms with E-state index in [2.05, 4.69) is 4.98 Å². The third kappa shape index (κ3) is 2.75. The standard InChI is InChI=1S/C18H23N3O3/c1-20-9-7-19-17(20)15(22)13-3-2-8-21(11-13)18(23)14-6-10-24-16(14)12-4-5-12/h6-7,9-10,12-13,15,22H,2-5,8,11H2,1H3/t13-,15-/m0/s1. The van der Waals surface area contributed by atoms with Gasteiger partial charge in [-0.3, -0.25) is 4.79 Å². The molecule has 6 nitrogen and oxygen atoms in total. The molecule has 4 rings (SSSR count). The zero-order valence-corrected chi connectivity index (χ0v) is 13.9. The number of likely N-dealkylation sites (tertiary alicyclic amines) is 1. The van der Waals surface area contributed by atoms with Gasteiger partial charge in [-0.25, -0.2) is 4.98 Å². The molecule has 0 unspecified atom stereocenters. The van der Waals surface area contributed by atoms with Crippen LogP contribution in [0.15, 0.2) is 29.1 Å². The van der Waals surface area contributed by atoms with E-state index < -0.39 is 6.10 Å². The summed E-state index contributed by atoms with van der Waals surface area (Å²) in [7, 11) is 1.88. The van der Waals surface area contributed by atoms with Crippen molar-refractivity contribution in [2.24, 2.45) is 13.0 Å². The SMILES string of the molecule is Cn1ccnc1[C@@H](O)[C@H]1CCCN(C(=O)c2ccoc2C2CC2)C1. The van der Waals surface area contributed by atoms with Gasteiger partial charge >= 0.3 is 0 Å². The second-order valence-electron chi connectivity index (χ2n) is 6.97. The number of piperidine rings is 1. The first-order chi connectivity index (χ1) is 11.6. The van der Waals surface area contributed by atoms with Crippen molar-refractivity contribution < 1.29 is 14.3 Å². The number of aliphatic hydroxyl groups is 1. The zero-order chi connectivity index (χ0) is 16.7. The Morgan fingerprint density at radius 3 is 2.96 bits per heavy atom. The van der Waals surface area contributed by atoms with Gasteiger partial charge < -0.3 is 19.0 Å². The second-order valence-corrected chi connectivity index (χ2v) is 6.97. The van der Waals surface area contributed by atoms with Crippen molar-refractivity contribution in [2.75, 3.05) is 13.1 Å². The Balaban J connectivity index is 1.49. The highest BCUT2D eigenvalue weighted by Gasteiger charge is 2.35. The molecule has 2 aromatic rings. The van der Waals surface area contributed by atoms with Gasteiger partial charge in [0.15, 0.2) is 0 Å². The minimum atomic E-state index is -0.646. The first kappa shape index (κ1) is 15.4. The summed E-state index contributed by atoms with van der Waals surface area (Å²) < 4.78 is 7.38. The zero-order valence-electron chi connectivity index (χ0n) is 13.9. The van der Waals surface area contributed by atoms with Gasteiger partial charge in [0, 0.05) is 44.4 Å². The highest BCUT2D eigenvalue weighted by Crippen LogP contribution is 2.42. The number of rotatable bonds is 4. The molecule has 0 spiro atoms. The van der Waals surface area contributed by atoms with Crippen molar-refractivity contribution in [1.82, 2.24) is 14.5 Å². The van der Waals surface area contributed by atoms with Crippen molar-refractivity contribution in [3.8, 4) is 0 Å². The Kier molecular flexibility index (Phi) is 3.92. The molecule has 1 saturated heterocycles. The monoisotopic (exact) mass is 329 g/mol. The summed E-state index contributed by atoms with van der Waals surface area (Å²) in [6.45, 7) is 1.29. The summed E-state index contributed by atoms with van der Waals surface area (Å²) >= 11 is 0. The molecule has 0 aromatic carbocycles. The van der Waals surface area contributed by atoms with Crippen molar-refractivity contribution in [3.05, 3.63) is 41.9 Å². The predicted molar refractivity (Wildman–Crippen MR) is 87.5 cm³/mol. The lowest BCUT2D eigenvalue weighted by atomic mass is 9.91. The summed E-state index contributed by atoms with van der Waals surface area (Å²) in [5.74, 6) is 1.96. The molecule has 1 N–H and O–H groups in total. The molecule has 6 heteroatoms. The topological polar surface area (TPSA) is 71.5 Å². The van der Waals surface area contributed by atoms with Gasteiger partial charge in [-0.2, -0.15) is 0 Å². The molecule has 2 aliphatic rings. The van der Waals surface area contributed by atoms with Crippen LogP contribution in [0.3, 0.4) is 0 Å². The average Bonchev–Trinajstić information content (AvgIpc) is 3.17. The van der Waals surface area contributed by atoms with Gasteiger partial charge in [0.2, 0.25) is 0 Å². The van der Waals surface area contributed by atoms with E-state index >= 15 is 0 Å². The van der Waals surface area contributed by atoms with Gasteiger partial charge in [-0.1, -0.05) is 0 Å². The fourth-order valence-corrected chi connectivity index (χ4v) is 3.65. The van der Waals surface area contributed by atoms with Gasteiger partial charge in [0.25, 0.3) is 5.91 Å². The van der Waals surface area contributed by atoms with Crippen LogP contribution in [0.4, 0.5) is 0 Å². The Morgan fingerprint density at radius 1 is 1.42 bits per heavy atom. The number of hydrogen-bond donors (Lipinski definition) is 1. The Hall–Kier alpha value is -2.08. The van der Waals surface area contributed by atoms with Crippen LogP contribution in [-0.4, -0.2) is 38.6 Å². The van der Waals surface area contributed by atoms with E-state index in [0.717, 1.165) is 38.0 Å². The first-order valence-electron chi connectivity index (χ1n) is 8.67. The molecule has 0 bridgehead atoms. The van der Waals surface area contributed by atoms with Gasteiger partial charge in [0.1, 0.15) is 17.7 Å². The van der Waals surface area contributed by atoms with Crippen molar-refractivity contribution >= 4 is 5.91 Å². The second kappa shape index (κ2) is 6.09. The predicted octanol–water partition coefficient (Wildman–Crippen LogP) is 2.48. The molecule has 3 heterocycles. The van der Waals surface area contributed by atoms with E-state index in [0.29, 0.717) is 23.9 Å². The Labute approximate surface area is 141 Å². The van der Waals surface area contributed by atoms with Crippen LogP contribution in [0.2, 0.25) is 0 Å². The van der Waals surface area contributed by atoms with E-state index in [-0.39, 0.29) is 11.8 Å². The average molecular weight is 329 g/mol. The molecule has 1 aliphatic carbocycles. The molecule has 2 atom stereocenters. The third-order valence-corrected chi connectivity index (χ3v) is 5.19. The molecule has 1 amide bonds. The van der Waals surface area contributed by atoms with E-state index in [1.807, 2.05) is 22.7 Å². The minimum absolute atomic E-state index is 0.0140. The van der Waals surface area contributed by atoms with Crippen molar-refractivity contribution in [3.63, 3.8) is 0 Å². The normalized spacial score (nSPS) is 22.6. The number of furan rings is 1. The highest BCUT2D eigenvalue weighted by atomic mass is 16.3. The quantitative estimate of drug-likeness (QED) is 0.935. The van der Waals surface area contributed by atoms with Crippen LogP contribution in [0.1, 0.15) is 59.6 Å². The van der Waals surface area contributed by atoms with Crippen molar-refractivity contribution in [1.29, 1.82) is 0 Å². The summed E-state index contributed by atoms with van der Waals surface area (Å²) in [6.07, 6.45) is 8.50. The fraction of sp³-hybridized carbons (Fsp3) is 0.556. The van der Waals surface area contributed by atoms with E-state index in [4.69, 9.17) is 4.42 Å². The number of aromatic nitrogens is 2. The maximum atomic E-state index is 12.9. The van der Waals surface area contributed by atoms with Crippen LogP contribution in [0.5, 0.6) is 0 Å². The van der Waals surface area contributed by atoms with Crippen LogP contribution < -0.4 is 0 Å². The number of imidazole rings is 1. The number of hydrogen-bond acceptors (Lipinski definition) is 4. The summed E-state index contributed by atoms with van der Waals surface area (Å²) in [5.41, 5.74) is 0.699. The van der Waals surface area contributed by atoms with Crippen LogP contribution >= 0.6 is 0 Å². The number of aliphatic hydroxyl groups excluding tert-OH is 1. The van der Waals surface area contributed by atoms with E-state index in [1.54, 1.807) is 18.5 Å². The van der Waals surface area contributed by atoms with E-state index in [9.17, 15) is 9.90 Å². The molecule has 24 heavy (non-hydrogen) atoms. The maximum absolute atomic E-state index is 12.9. The molecule has 0 radical (unpaired) electrons. The lowest BCUT2D eigenvalue weighted by Gasteiger charge is -2.34. The molecular formula is C18H23N3O3. The number of amides is 1. The van der Waals surface area contributed by atoms with Gasteiger partial charge in [0.05, 0.1) is 11.8 Å². The molecule has 2 aromatic heterocycles. The smallest absolute Gasteiger partial charge is 0.257 e. The van der Waals surface area contributed by atoms with E-state index in [1.165, 1.54) is 0 Å². The fourth-order valence-electron chi connectivity index (χ4n) is 3.65. The number of carbonyl (C=O) groups is 1. The number of aryl methyl sites for hydroxylation is 1. The summed E-state index contributed by atoms with van der Waals surface area (Å²) in [4.78, 5) is 19.0. The lowest BCUT2D eigenvalue weighted by Crippen LogP contribution is -2.42. The molecule has 128 valence electrons. The number of nitrogens with zero attached hydrogens (tertiary/aromatic N) is 3. The highest BCUT2D eigenvalue weighted by molar-refractivity contribution is 5.95. The summed E-state index contributed by atoms with van der Waals surface area (Å²) in [5, 5.41) is 10.7. The molecule has 1 saturated carbocycles. The maximum Gasteiger partial charge on any atom is 0.257 e. The molecular weight excluding hydrogens is 306 g/mol. The van der Waals surface area contributed by atoms with Crippen molar-refractivity contribution in [2.45, 2.75) is 37.7 Å². The summed E-state index contributed by atoms with van der Waals surface area (Å²) in [6, 6.07) is 1.79. The van der Waals surface area contributed by atoms with Crippen LogP contribution in [0.25, 0.3) is 0 Å². The van der Waals surface area contributed by atoms with Gasteiger partial charge in [-0.15, -0.1) is 0 Å². The lowest BCUT2D eigenvalue weighted by molar-refractivity contribution is 0.0357. The Bertz CT molecular complexity index is 731. The van der Waals surface area contributed by atoms with Crippen LogP contribution in [0, 0.1) is 5.92 Å².